The summed E-state index contributed by atoms with van der Waals surface area (Å²) < 4.78 is 4.18. The highest BCUT2D eigenvalue weighted by atomic mass is 16.2. The number of urea groups is 1. The Hall–Kier alpha value is -4.78. The number of benzene rings is 3. The van der Waals surface area contributed by atoms with E-state index in [9.17, 15) is 4.79 Å². The van der Waals surface area contributed by atoms with Gasteiger partial charge in [-0.15, -0.1) is 0 Å². The van der Waals surface area contributed by atoms with Crippen LogP contribution < -0.4 is 10.2 Å². The van der Waals surface area contributed by atoms with Crippen molar-refractivity contribution in [3.05, 3.63) is 125 Å². The molecule has 7 nitrogen and oxygen atoms in total. The van der Waals surface area contributed by atoms with E-state index in [0.29, 0.717) is 6.54 Å². The maximum Gasteiger partial charge on any atom is 0.322 e. The summed E-state index contributed by atoms with van der Waals surface area (Å²) in [6, 6.07) is 30.2. The van der Waals surface area contributed by atoms with Gasteiger partial charge in [-0.3, -0.25) is 0 Å². The van der Waals surface area contributed by atoms with Gasteiger partial charge in [0.2, 0.25) is 0 Å². The van der Waals surface area contributed by atoms with Crippen LogP contribution in [0.3, 0.4) is 0 Å². The van der Waals surface area contributed by atoms with Gasteiger partial charge in [0.25, 0.3) is 0 Å². The molecule has 5 aromatic rings. The minimum absolute atomic E-state index is 0.154. The molecule has 0 saturated carbocycles. The van der Waals surface area contributed by atoms with Gasteiger partial charge in [0, 0.05) is 37.2 Å². The lowest BCUT2D eigenvalue weighted by atomic mass is 10.0. The molecule has 2 aromatic heterocycles. The fourth-order valence-corrected chi connectivity index (χ4v) is 5.35. The Balaban J connectivity index is 1.53. The molecule has 0 fully saturated rings. The van der Waals surface area contributed by atoms with Crippen molar-refractivity contribution in [2.24, 2.45) is 0 Å². The van der Waals surface area contributed by atoms with Crippen LogP contribution in [0.25, 0.3) is 11.5 Å². The first kappa shape index (κ1) is 24.6. The van der Waals surface area contributed by atoms with Crippen LogP contribution in [0.1, 0.15) is 34.1 Å². The van der Waals surface area contributed by atoms with E-state index < -0.39 is 0 Å². The second kappa shape index (κ2) is 9.83. The lowest BCUT2D eigenvalue weighted by molar-refractivity contribution is 0.194. The lowest BCUT2D eigenvalue weighted by Gasteiger charge is -2.31. The number of fused-ring (bicyclic) bond motifs is 3. The lowest BCUT2D eigenvalue weighted by Crippen LogP contribution is -2.38. The SMILES string of the molecule is Cc1ccccc1NC(=O)N1Cc2c(C)nn(-c3ccccc3)c2-n2cccc2[C@@H]1c1ccc(N(C)C)cc1. The predicted octanol–water partition coefficient (Wildman–Crippen LogP) is 6.48. The first-order valence-electron chi connectivity index (χ1n) is 13.1. The maximum absolute atomic E-state index is 14.1. The fraction of sp³-hybridized carbons (Fsp3) is 0.188. The summed E-state index contributed by atoms with van der Waals surface area (Å²) in [4.78, 5) is 18.1. The Morgan fingerprint density at radius 1 is 0.897 bits per heavy atom. The zero-order valence-corrected chi connectivity index (χ0v) is 22.7. The maximum atomic E-state index is 14.1. The largest absolute Gasteiger partial charge is 0.378 e. The number of aromatic nitrogens is 3. The number of aryl methyl sites for hydroxylation is 2. The van der Waals surface area contributed by atoms with Crippen LogP contribution in [0.2, 0.25) is 0 Å². The Kier molecular flexibility index (Phi) is 6.19. The van der Waals surface area contributed by atoms with Crippen LogP contribution in [0.15, 0.2) is 97.2 Å². The number of para-hydroxylation sites is 2. The van der Waals surface area contributed by atoms with E-state index in [0.717, 1.165) is 51.0 Å². The van der Waals surface area contributed by atoms with E-state index in [2.05, 4.69) is 63.4 Å². The number of hydrogen-bond acceptors (Lipinski definition) is 3. The molecule has 0 spiro atoms. The first-order valence-corrected chi connectivity index (χ1v) is 13.1. The Morgan fingerprint density at radius 3 is 2.33 bits per heavy atom. The molecule has 3 heterocycles. The fourth-order valence-electron chi connectivity index (χ4n) is 5.35. The number of carbonyl (C=O) groups excluding carboxylic acids is 1. The van der Waals surface area contributed by atoms with Crippen LogP contribution in [-0.2, 0) is 6.54 Å². The molecule has 0 saturated heterocycles. The molecule has 6 rings (SSSR count). The standard InChI is InChI=1S/C32H32N6O/c1-22-11-8-9-14-28(22)33-32(39)37-21-27-23(2)34-38(26-12-6-5-7-13-26)31(27)36-20-10-15-29(36)30(37)24-16-18-25(19-17-24)35(3)4/h5-20,30H,21H2,1-4H3,(H,33,39)/t30-/m0/s1. The average molecular weight is 517 g/mol. The molecule has 7 heteroatoms. The van der Waals surface area contributed by atoms with Crippen LogP contribution in [0, 0.1) is 13.8 Å². The smallest absolute Gasteiger partial charge is 0.322 e. The van der Waals surface area contributed by atoms with Crippen molar-refractivity contribution in [3.8, 4) is 11.5 Å². The van der Waals surface area contributed by atoms with Crippen LogP contribution in [0.5, 0.6) is 0 Å². The molecule has 196 valence electrons. The van der Waals surface area contributed by atoms with Crippen molar-refractivity contribution in [2.45, 2.75) is 26.4 Å². The van der Waals surface area contributed by atoms with Gasteiger partial charge in [0.1, 0.15) is 5.82 Å². The predicted molar refractivity (Wildman–Crippen MR) is 156 cm³/mol. The number of anilines is 2. The third kappa shape index (κ3) is 4.36. The molecular weight excluding hydrogens is 484 g/mol. The van der Waals surface area contributed by atoms with Gasteiger partial charge in [-0.25, -0.2) is 9.48 Å². The molecule has 1 atom stereocenters. The zero-order chi connectivity index (χ0) is 27.1. The van der Waals surface area contributed by atoms with Crippen molar-refractivity contribution >= 4 is 17.4 Å². The summed E-state index contributed by atoms with van der Waals surface area (Å²) in [7, 11) is 4.06. The van der Waals surface area contributed by atoms with Crippen molar-refractivity contribution in [2.75, 3.05) is 24.3 Å². The molecule has 1 N–H and O–H groups in total. The topological polar surface area (TPSA) is 58.3 Å². The molecule has 39 heavy (non-hydrogen) atoms. The number of rotatable bonds is 4. The highest BCUT2D eigenvalue weighted by molar-refractivity contribution is 5.91. The summed E-state index contributed by atoms with van der Waals surface area (Å²) in [5, 5.41) is 8.13. The third-order valence-corrected chi connectivity index (χ3v) is 7.46. The van der Waals surface area contributed by atoms with Gasteiger partial charge in [-0.1, -0.05) is 48.5 Å². The van der Waals surface area contributed by atoms with Crippen molar-refractivity contribution in [1.82, 2.24) is 19.2 Å². The Bertz CT molecular complexity index is 1630. The number of nitrogens with one attached hydrogen (secondary N) is 1. The first-order chi connectivity index (χ1) is 18.9. The quantitative estimate of drug-likeness (QED) is 0.297. The summed E-state index contributed by atoms with van der Waals surface area (Å²) in [6.07, 6.45) is 2.07. The third-order valence-electron chi connectivity index (χ3n) is 7.46. The number of hydrogen-bond donors (Lipinski definition) is 1. The van der Waals surface area contributed by atoms with E-state index in [1.54, 1.807) is 0 Å². The van der Waals surface area contributed by atoms with Crippen molar-refractivity contribution < 1.29 is 4.79 Å². The van der Waals surface area contributed by atoms with E-state index in [1.807, 2.05) is 86.1 Å². The second-order valence-electron chi connectivity index (χ2n) is 10.2. The molecule has 0 bridgehead atoms. The molecular formula is C32H32N6O. The molecule has 0 aliphatic carbocycles. The number of amides is 2. The minimum atomic E-state index is -0.309. The van der Waals surface area contributed by atoms with Crippen molar-refractivity contribution in [1.29, 1.82) is 0 Å². The zero-order valence-electron chi connectivity index (χ0n) is 22.7. The molecule has 3 aromatic carbocycles. The Labute approximate surface area is 228 Å². The summed E-state index contributed by atoms with van der Waals surface area (Å²) in [6.45, 7) is 4.44. The molecule has 2 amide bonds. The van der Waals surface area contributed by atoms with E-state index in [1.165, 1.54) is 0 Å². The van der Waals surface area contributed by atoms with E-state index in [-0.39, 0.29) is 12.1 Å². The summed E-state index contributed by atoms with van der Waals surface area (Å²) >= 11 is 0. The van der Waals surface area contributed by atoms with Crippen LogP contribution >= 0.6 is 0 Å². The Morgan fingerprint density at radius 2 is 1.62 bits per heavy atom. The van der Waals surface area contributed by atoms with Gasteiger partial charge < -0.3 is 19.7 Å². The molecule has 0 unspecified atom stereocenters. The average Bonchev–Trinajstić information content (AvgIpc) is 3.51. The number of nitrogens with zero attached hydrogens (tertiary/aromatic N) is 5. The molecule has 1 aliphatic rings. The van der Waals surface area contributed by atoms with Gasteiger partial charge in [0.15, 0.2) is 0 Å². The number of carbonyl (C=O) groups is 1. The summed E-state index contributed by atoms with van der Waals surface area (Å²) in [5.41, 5.74) is 7.87. The minimum Gasteiger partial charge on any atom is -0.378 e. The van der Waals surface area contributed by atoms with E-state index >= 15 is 0 Å². The monoisotopic (exact) mass is 516 g/mol. The normalized spacial score (nSPS) is 14.4. The van der Waals surface area contributed by atoms with Crippen molar-refractivity contribution in [3.63, 3.8) is 0 Å². The molecule has 0 radical (unpaired) electrons. The van der Waals surface area contributed by atoms with Gasteiger partial charge in [-0.05, 0) is 67.4 Å². The second-order valence-corrected chi connectivity index (χ2v) is 10.2. The highest BCUT2D eigenvalue weighted by Crippen LogP contribution is 2.39. The van der Waals surface area contributed by atoms with Crippen LogP contribution in [-0.4, -0.2) is 39.4 Å². The van der Waals surface area contributed by atoms with Gasteiger partial charge in [0.05, 0.1) is 29.7 Å². The van der Waals surface area contributed by atoms with E-state index in [4.69, 9.17) is 5.10 Å². The van der Waals surface area contributed by atoms with Crippen LogP contribution in [0.4, 0.5) is 16.2 Å². The highest BCUT2D eigenvalue weighted by Gasteiger charge is 2.36. The molecule has 1 aliphatic heterocycles. The summed E-state index contributed by atoms with van der Waals surface area (Å²) in [5.74, 6) is 0.958. The van der Waals surface area contributed by atoms with Gasteiger partial charge in [-0.2, -0.15) is 5.10 Å². The van der Waals surface area contributed by atoms with Gasteiger partial charge >= 0.3 is 6.03 Å².